The van der Waals surface area contributed by atoms with Crippen LogP contribution in [-0.4, -0.2) is 11.6 Å². The van der Waals surface area contributed by atoms with Crippen LogP contribution in [0.25, 0.3) is 0 Å². The topological polar surface area (TPSA) is 22.1 Å². The van der Waals surface area contributed by atoms with Crippen molar-refractivity contribution in [2.75, 3.05) is 0 Å². The molecule has 1 aromatic rings. The van der Waals surface area contributed by atoms with Gasteiger partial charge in [0.1, 0.15) is 11.4 Å². The fourth-order valence-electron chi connectivity index (χ4n) is 0.762. The third-order valence-electron chi connectivity index (χ3n) is 1.33. The van der Waals surface area contributed by atoms with Crippen LogP contribution >= 0.6 is 15.9 Å². The number of ether oxygens (including phenoxy) is 1. The van der Waals surface area contributed by atoms with Crippen LogP contribution in [0.4, 0.5) is 22.0 Å². The first-order valence-electron chi connectivity index (χ1n) is 3.48. The fourth-order valence-corrected chi connectivity index (χ4v) is 1.07. The van der Waals surface area contributed by atoms with E-state index < -0.39 is 24.2 Å². The van der Waals surface area contributed by atoms with Crippen LogP contribution in [-0.2, 0) is 6.18 Å². The smallest absolute Gasteiger partial charge is 0.433 e. The summed E-state index contributed by atoms with van der Waals surface area (Å²) in [6.07, 6.45) is -3.94. The lowest BCUT2D eigenvalue weighted by Crippen LogP contribution is -2.10. The van der Waals surface area contributed by atoms with Crippen LogP contribution in [0, 0.1) is 0 Å². The zero-order chi connectivity index (χ0) is 11.6. The van der Waals surface area contributed by atoms with E-state index in [1.807, 2.05) is 0 Å². The average molecular weight is 292 g/mol. The summed E-state index contributed by atoms with van der Waals surface area (Å²) in [5.41, 5.74) is -1.29. The Hall–Kier alpha value is -0.920. The summed E-state index contributed by atoms with van der Waals surface area (Å²) >= 11 is 2.74. The van der Waals surface area contributed by atoms with Crippen molar-refractivity contribution >= 4 is 15.9 Å². The van der Waals surface area contributed by atoms with E-state index in [0.717, 1.165) is 6.20 Å². The summed E-state index contributed by atoms with van der Waals surface area (Å²) in [7, 11) is 0. The van der Waals surface area contributed by atoms with E-state index in [1.54, 1.807) is 0 Å². The SMILES string of the molecule is FC(F)Oc1cc(C(F)(F)F)ncc1Br. The zero-order valence-corrected chi connectivity index (χ0v) is 8.44. The number of alkyl halides is 5. The standard InChI is InChI=1S/C7H3BrF5NO/c8-3-2-14-5(7(11,12)13)1-4(3)15-6(9)10/h1-2,6H. The Kier molecular flexibility index (Phi) is 3.48. The molecule has 15 heavy (non-hydrogen) atoms. The quantitative estimate of drug-likeness (QED) is 0.779. The van der Waals surface area contributed by atoms with E-state index in [0.29, 0.717) is 6.07 Å². The molecule has 0 saturated heterocycles. The minimum Gasteiger partial charge on any atom is -0.433 e. The summed E-state index contributed by atoms with van der Waals surface area (Å²) in [6.45, 7) is -3.19. The highest BCUT2D eigenvalue weighted by Gasteiger charge is 2.33. The highest BCUT2D eigenvalue weighted by atomic mass is 79.9. The van der Waals surface area contributed by atoms with Crippen LogP contribution in [0.1, 0.15) is 5.69 Å². The van der Waals surface area contributed by atoms with Crippen molar-refractivity contribution in [3.8, 4) is 5.75 Å². The number of hydrogen-bond acceptors (Lipinski definition) is 2. The first kappa shape index (κ1) is 12.2. The van der Waals surface area contributed by atoms with Crippen molar-refractivity contribution in [1.82, 2.24) is 4.98 Å². The van der Waals surface area contributed by atoms with Gasteiger partial charge in [-0.25, -0.2) is 0 Å². The Morgan fingerprint density at radius 3 is 2.40 bits per heavy atom. The van der Waals surface area contributed by atoms with E-state index in [-0.39, 0.29) is 4.47 Å². The molecule has 8 heteroatoms. The molecule has 0 amide bonds. The number of rotatable bonds is 2. The Balaban J connectivity index is 3.06. The van der Waals surface area contributed by atoms with Gasteiger partial charge in [-0.2, -0.15) is 22.0 Å². The van der Waals surface area contributed by atoms with Crippen molar-refractivity contribution in [3.05, 3.63) is 22.4 Å². The van der Waals surface area contributed by atoms with Gasteiger partial charge in [0.15, 0.2) is 0 Å². The second kappa shape index (κ2) is 4.30. The normalized spacial score (nSPS) is 11.9. The second-order valence-electron chi connectivity index (χ2n) is 2.38. The Morgan fingerprint density at radius 2 is 1.93 bits per heavy atom. The Labute approximate surface area is 89.2 Å². The largest absolute Gasteiger partial charge is 0.433 e. The average Bonchev–Trinajstić information content (AvgIpc) is 2.06. The monoisotopic (exact) mass is 291 g/mol. The highest BCUT2D eigenvalue weighted by Crippen LogP contribution is 2.33. The molecule has 1 aromatic heterocycles. The lowest BCUT2D eigenvalue weighted by atomic mass is 10.3. The van der Waals surface area contributed by atoms with Gasteiger partial charge < -0.3 is 4.74 Å². The fraction of sp³-hybridized carbons (Fsp3) is 0.286. The van der Waals surface area contributed by atoms with Gasteiger partial charge in [-0.3, -0.25) is 4.98 Å². The number of hydrogen-bond donors (Lipinski definition) is 0. The molecule has 0 N–H and O–H groups in total. The number of pyridine rings is 1. The molecule has 0 fully saturated rings. The van der Waals surface area contributed by atoms with Crippen LogP contribution in [0.3, 0.4) is 0 Å². The number of aromatic nitrogens is 1. The zero-order valence-electron chi connectivity index (χ0n) is 6.86. The van der Waals surface area contributed by atoms with Crippen LogP contribution in [0.15, 0.2) is 16.7 Å². The van der Waals surface area contributed by atoms with E-state index >= 15 is 0 Å². The predicted octanol–water partition coefficient (Wildman–Crippen LogP) is 3.46. The van der Waals surface area contributed by atoms with Crippen molar-refractivity contribution in [3.63, 3.8) is 0 Å². The summed E-state index contributed by atoms with van der Waals surface area (Å²) in [5.74, 6) is -0.604. The van der Waals surface area contributed by atoms with E-state index in [2.05, 4.69) is 25.7 Å². The molecule has 0 aliphatic heterocycles. The Morgan fingerprint density at radius 1 is 1.33 bits per heavy atom. The molecule has 0 aromatic carbocycles. The van der Waals surface area contributed by atoms with Gasteiger partial charge in [0.25, 0.3) is 0 Å². The molecule has 0 aliphatic rings. The predicted molar refractivity (Wildman–Crippen MR) is 43.6 cm³/mol. The molecule has 0 saturated carbocycles. The summed E-state index contributed by atoms with van der Waals surface area (Å²) in [5, 5.41) is 0. The molecule has 1 rings (SSSR count). The van der Waals surface area contributed by atoms with E-state index in [4.69, 9.17) is 0 Å². The second-order valence-corrected chi connectivity index (χ2v) is 3.23. The molecule has 0 radical (unpaired) electrons. The van der Waals surface area contributed by atoms with E-state index in [9.17, 15) is 22.0 Å². The molecule has 0 spiro atoms. The van der Waals surface area contributed by atoms with Gasteiger partial charge in [0.05, 0.1) is 4.47 Å². The molecule has 0 bridgehead atoms. The van der Waals surface area contributed by atoms with Gasteiger partial charge >= 0.3 is 12.8 Å². The summed E-state index contributed by atoms with van der Waals surface area (Å²) in [4.78, 5) is 3.02. The van der Waals surface area contributed by atoms with Gasteiger partial charge in [0, 0.05) is 12.3 Å². The van der Waals surface area contributed by atoms with Crippen molar-refractivity contribution in [2.45, 2.75) is 12.8 Å². The molecule has 0 aliphatic carbocycles. The minimum absolute atomic E-state index is 0.0733. The van der Waals surface area contributed by atoms with Crippen LogP contribution < -0.4 is 4.74 Å². The van der Waals surface area contributed by atoms with Crippen LogP contribution in [0.5, 0.6) is 5.75 Å². The van der Waals surface area contributed by atoms with E-state index in [1.165, 1.54) is 0 Å². The molecule has 0 unspecified atom stereocenters. The van der Waals surface area contributed by atoms with Crippen LogP contribution in [0.2, 0.25) is 0 Å². The Bertz CT molecular complexity index is 354. The molecule has 2 nitrogen and oxygen atoms in total. The minimum atomic E-state index is -4.69. The number of nitrogens with zero attached hydrogens (tertiary/aromatic N) is 1. The lowest BCUT2D eigenvalue weighted by molar-refractivity contribution is -0.141. The van der Waals surface area contributed by atoms with Gasteiger partial charge in [0.2, 0.25) is 0 Å². The lowest BCUT2D eigenvalue weighted by Gasteiger charge is -2.10. The van der Waals surface area contributed by atoms with Gasteiger partial charge in [-0.1, -0.05) is 0 Å². The molecule has 84 valence electrons. The molecular formula is C7H3BrF5NO. The van der Waals surface area contributed by atoms with Crippen molar-refractivity contribution in [1.29, 1.82) is 0 Å². The first-order chi connectivity index (χ1) is 6.80. The summed E-state index contributed by atoms with van der Waals surface area (Å²) < 4.78 is 63.7. The third-order valence-corrected chi connectivity index (χ3v) is 1.92. The van der Waals surface area contributed by atoms with Gasteiger partial charge in [-0.05, 0) is 15.9 Å². The first-order valence-corrected chi connectivity index (χ1v) is 4.27. The molecule has 1 heterocycles. The maximum absolute atomic E-state index is 12.1. The third kappa shape index (κ3) is 3.29. The molecular weight excluding hydrogens is 289 g/mol. The van der Waals surface area contributed by atoms with Gasteiger partial charge in [-0.15, -0.1) is 0 Å². The maximum Gasteiger partial charge on any atom is 0.433 e. The maximum atomic E-state index is 12.1. The van der Waals surface area contributed by atoms with Crippen molar-refractivity contribution < 1.29 is 26.7 Å². The van der Waals surface area contributed by atoms with Crippen molar-refractivity contribution in [2.24, 2.45) is 0 Å². The molecule has 0 atom stereocenters. The highest BCUT2D eigenvalue weighted by molar-refractivity contribution is 9.10. The number of halogens is 6. The summed E-state index contributed by atoms with van der Waals surface area (Å²) in [6, 6.07) is 0.399.